The van der Waals surface area contributed by atoms with Gasteiger partial charge in [0.2, 0.25) is 17.7 Å². The number of carboxylic acids is 1. The van der Waals surface area contributed by atoms with Gasteiger partial charge in [-0.15, -0.1) is 0 Å². The average Bonchev–Trinajstić information content (AvgIpc) is 2.59. The van der Waals surface area contributed by atoms with E-state index in [0.717, 1.165) is 0 Å². The standard InChI is InChI=1S/C14H26N4O7S/c1-6(2)10(18-11(21)7(15)5-26)13(23)16-8(3-19)12(22)17-9(4-20)14(24)25/h6-10,19-20,26H,3-5,15H2,1-2H3,(H,16,23)(H,17,22)(H,18,21)(H,24,25). The van der Waals surface area contributed by atoms with E-state index in [1.54, 1.807) is 13.8 Å². The Kier molecular flexibility index (Phi) is 10.8. The lowest BCUT2D eigenvalue weighted by Crippen LogP contribution is -2.59. The van der Waals surface area contributed by atoms with E-state index < -0.39 is 61.1 Å². The van der Waals surface area contributed by atoms with E-state index in [0.29, 0.717) is 0 Å². The van der Waals surface area contributed by atoms with Crippen molar-refractivity contribution < 1.29 is 34.5 Å². The summed E-state index contributed by atoms with van der Waals surface area (Å²) < 4.78 is 0. The summed E-state index contributed by atoms with van der Waals surface area (Å²) in [6, 6.07) is -5.01. The summed E-state index contributed by atoms with van der Waals surface area (Å²) in [5.41, 5.74) is 5.54. The van der Waals surface area contributed by atoms with Crippen molar-refractivity contribution in [3.63, 3.8) is 0 Å². The van der Waals surface area contributed by atoms with E-state index in [1.807, 2.05) is 5.32 Å². The zero-order valence-corrected chi connectivity index (χ0v) is 15.4. The minimum Gasteiger partial charge on any atom is -0.480 e. The lowest BCUT2D eigenvalue weighted by Gasteiger charge is -2.25. The van der Waals surface area contributed by atoms with Crippen molar-refractivity contribution in [3.8, 4) is 0 Å². The summed E-state index contributed by atoms with van der Waals surface area (Å²) in [7, 11) is 0. The number of aliphatic hydroxyl groups is 2. The molecule has 0 radical (unpaired) electrons. The van der Waals surface area contributed by atoms with Gasteiger partial charge < -0.3 is 37.0 Å². The highest BCUT2D eigenvalue weighted by molar-refractivity contribution is 7.80. The maximum atomic E-state index is 12.4. The molecule has 11 nitrogen and oxygen atoms in total. The third-order valence-electron chi connectivity index (χ3n) is 3.39. The van der Waals surface area contributed by atoms with Crippen molar-refractivity contribution in [1.29, 1.82) is 0 Å². The molecule has 0 heterocycles. The first kappa shape index (κ1) is 24.1. The van der Waals surface area contributed by atoms with Gasteiger partial charge >= 0.3 is 5.97 Å². The third kappa shape index (κ3) is 7.56. The molecule has 12 heteroatoms. The Morgan fingerprint density at radius 1 is 0.923 bits per heavy atom. The monoisotopic (exact) mass is 394 g/mol. The zero-order chi connectivity index (χ0) is 20.4. The van der Waals surface area contributed by atoms with Gasteiger partial charge in [-0.2, -0.15) is 12.6 Å². The van der Waals surface area contributed by atoms with Gasteiger partial charge in [0.15, 0.2) is 0 Å². The highest BCUT2D eigenvalue weighted by atomic mass is 32.1. The van der Waals surface area contributed by atoms with Crippen LogP contribution in [0.15, 0.2) is 0 Å². The Balaban J connectivity index is 5.04. The maximum absolute atomic E-state index is 12.4. The van der Waals surface area contributed by atoms with Crippen LogP contribution in [0.3, 0.4) is 0 Å². The van der Waals surface area contributed by atoms with Gasteiger partial charge in [0.05, 0.1) is 19.3 Å². The number of aliphatic hydroxyl groups excluding tert-OH is 2. The molecular formula is C14H26N4O7S. The van der Waals surface area contributed by atoms with Crippen molar-refractivity contribution in [3.05, 3.63) is 0 Å². The molecule has 0 fully saturated rings. The second-order valence-electron chi connectivity index (χ2n) is 5.85. The first-order valence-corrected chi connectivity index (χ1v) is 8.44. The third-order valence-corrected chi connectivity index (χ3v) is 3.79. The Morgan fingerprint density at radius 2 is 1.42 bits per heavy atom. The van der Waals surface area contributed by atoms with E-state index in [1.165, 1.54) is 0 Å². The SMILES string of the molecule is CC(C)C(NC(=O)C(N)CS)C(=O)NC(CO)C(=O)NC(CO)C(=O)O. The van der Waals surface area contributed by atoms with Gasteiger partial charge in [0.25, 0.3) is 0 Å². The van der Waals surface area contributed by atoms with E-state index in [2.05, 4.69) is 23.3 Å². The van der Waals surface area contributed by atoms with Crippen LogP contribution >= 0.6 is 12.6 Å². The van der Waals surface area contributed by atoms with Crippen LogP contribution in [0.1, 0.15) is 13.8 Å². The van der Waals surface area contributed by atoms with E-state index in [9.17, 15) is 24.3 Å². The molecule has 150 valence electrons. The van der Waals surface area contributed by atoms with Gasteiger partial charge in [-0.25, -0.2) is 4.79 Å². The first-order chi connectivity index (χ1) is 12.1. The average molecular weight is 394 g/mol. The van der Waals surface area contributed by atoms with Crippen molar-refractivity contribution in [1.82, 2.24) is 16.0 Å². The summed E-state index contributed by atoms with van der Waals surface area (Å²) >= 11 is 3.90. The molecular weight excluding hydrogens is 368 g/mol. The second kappa shape index (κ2) is 11.7. The van der Waals surface area contributed by atoms with Crippen LogP contribution < -0.4 is 21.7 Å². The molecule has 0 saturated carbocycles. The molecule has 4 atom stereocenters. The minimum absolute atomic E-state index is 0.0671. The number of carboxylic acid groups (broad SMARTS) is 1. The van der Waals surface area contributed by atoms with Crippen LogP contribution in [0.4, 0.5) is 0 Å². The molecule has 0 aromatic carbocycles. The molecule has 0 spiro atoms. The number of amides is 3. The molecule has 0 aromatic heterocycles. The van der Waals surface area contributed by atoms with Crippen LogP contribution in [-0.4, -0.2) is 82.1 Å². The summed E-state index contributed by atoms with van der Waals surface area (Å²) in [5, 5.41) is 33.6. The predicted octanol–water partition coefficient (Wildman–Crippen LogP) is -3.58. The number of hydrogen-bond acceptors (Lipinski definition) is 8. The number of carbonyl (C=O) groups is 4. The number of nitrogens with one attached hydrogen (secondary N) is 3. The van der Waals surface area contributed by atoms with Gasteiger partial charge in [0.1, 0.15) is 18.1 Å². The molecule has 0 saturated heterocycles. The molecule has 8 N–H and O–H groups in total. The molecule has 0 aliphatic carbocycles. The number of carbonyl (C=O) groups excluding carboxylic acids is 3. The fourth-order valence-electron chi connectivity index (χ4n) is 1.79. The Morgan fingerprint density at radius 3 is 1.81 bits per heavy atom. The summed E-state index contributed by atoms with van der Waals surface area (Å²) in [6.07, 6.45) is 0. The first-order valence-electron chi connectivity index (χ1n) is 7.81. The quantitative estimate of drug-likeness (QED) is 0.165. The maximum Gasteiger partial charge on any atom is 0.328 e. The van der Waals surface area contributed by atoms with Crippen molar-refractivity contribution >= 4 is 36.3 Å². The Labute approximate surface area is 156 Å². The fraction of sp³-hybridized carbons (Fsp3) is 0.714. The lowest BCUT2D eigenvalue weighted by molar-refractivity contribution is -0.143. The van der Waals surface area contributed by atoms with Gasteiger partial charge in [-0.1, -0.05) is 13.8 Å². The number of hydrogen-bond donors (Lipinski definition) is 8. The highest BCUT2D eigenvalue weighted by Crippen LogP contribution is 2.03. The molecule has 0 aliphatic heterocycles. The predicted molar refractivity (Wildman–Crippen MR) is 94.3 cm³/mol. The molecule has 4 unspecified atom stereocenters. The van der Waals surface area contributed by atoms with Crippen molar-refractivity contribution in [2.24, 2.45) is 11.7 Å². The van der Waals surface area contributed by atoms with Crippen molar-refractivity contribution in [2.45, 2.75) is 38.0 Å². The van der Waals surface area contributed by atoms with Gasteiger partial charge in [-0.3, -0.25) is 14.4 Å². The van der Waals surface area contributed by atoms with Crippen LogP contribution in [-0.2, 0) is 19.2 Å². The van der Waals surface area contributed by atoms with Crippen LogP contribution in [0.25, 0.3) is 0 Å². The lowest BCUT2D eigenvalue weighted by atomic mass is 10.0. The van der Waals surface area contributed by atoms with Gasteiger partial charge in [0, 0.05) is 5.75 Å². The minimum atomic E-state index is -1.58. The summed E-state index contributed by atoms with van der Waals surface area (Å²) in [6.45, 7) is 1.62. The molecule has 3 amide bonds. The fourth-order valence-corrected chi connectivity index (χ4v) is 1.96. The van der Waals surface area contributed by atoms with Gasteiger partial charge in [-0.05, 0) is 5.92 Å². The molecule has 0 bridgehead atoms. The van der Waals surface area contributed by atoms with E-state index >= 15 is 0 Å². The molecule has 0 aliphatic rings. The normalized spacial score (nSPS) is 15.5. The number of rotatable bonds is 11. The highest BCUT2D eigenvalue weighted by Gasteiger charge is 2.31. The molecule has 26 heavy (non-hydrogen) atoms. The van der Waals surface area contributed by atoms with Crippen molar-refractivity contribution in [2.75, 3.05) is 19.0 Å². The van der Waals surface area contributed by atoms with Crippen LogP contribution in [0.5, 0.6) is 0 Å². The van der Waals surface area contributed by atoms with E-state index in [-0.39, 0.29) is 11.7 Å². The molecule has 0 rings (SSSR count). The number of nitrogens with two attached hydrogens (primary N) is 1. The smallest absolute Gasteiger partial charge is 0.328 e. The summed E-state index contributed by atoms with van der Waals surface area (Å²) in [4.78, 5) is 47.0. The largest absolute Gasteiger partial charge is 0.480 e. The summed E-state index contributed by atoms with van der Waals surface area (Å²) in [5.74, 6) is -4.13. The number of thiol groups is 1. The topological polar surface area (TPSA) is 191 Å². The zero-order valence-electron chi connectivity index (χ0n) is 14.5. The Bertz CT molecular complexity index is 518. The Hall–Kier alpha value is -1.89. The van der Waals surface area contributed by atoms with E-state index in [4.69, 9.17) is 15.9 Å². The van der Waals surface area contributed by atoms with Crippen LogP contribution in [0, 0.1) is 5.92 Å². The number of aliphatic carboxylic acids is 1. The molecule has 0 aromatic rings. The second-order valence-corrected chi connectivity index (χ2v) is 6.21. The van der Waals surface area contributed by atoms with Crippen LogP contribution in [0.2, 0.25) is 0 Å².